The van der Waals surface area contributed by atoms with E-state index in [1.54, 1.807) is 13.0 Å². The van der Waals surface area contributed by atoms with Crippen molar-refractivity contribution in [2.24, 2.45) is 23.2 Å². The van der Waals surface area contributed by atoms with Crippen LogP contribution in [0.4, 0.5) is 0 Å². The van der Waals surface area contributed by atoms with E-state index in [1.807, 2.05) is 6.92 Å². The Bertz CT molecular complexity index is 550. The fraction of sp³-hybridized carbons (Fsp3) is 0.600. The fourth-order valence-electron chi connectivity index (χ4n) is 4.09. The molecule has 0 amide bonds. The molecule has 20 heavy (non-hydrogen) atoms. The molecule has 6 atom stereocenters. The minimum Gasteiger partial charge on any atom is -0.429 e. The number of hydrogen-bond donors (Lipinski definition) is 2. The van der Waals surface area contributed by atoms with Crippen LogP contribution < -0.4 is 0 Å². The van der Waals surface area contributed by atoms with Crippen LogP contribution in [-0.2, 0) is 14.3 Å². The molecule has 5 heteroatoms. The maximum Gasteiger partial charge on any atom is 0.336 e. The summed E-state index contributed by atoms with van der Waals surface area (Å²) in [5, 5.41) is 21.3. The number of allylic oxidation sites excluding steroid dienone is 2. The molecule has 2 aliphatic carbocycles. The van der Waals surface area contributed by atoms with Crippen molar-refractivity contribution < 1.29 is 24.5 Å². The largest absolute Gasteiger partial charge is 0.429 e. The molecule has 2 fully saturated rings. The van der Waals surface area contributed by atoms with Crippen molar-refractivity contribution in [2.75, 3.05) is 0 Å². The molecule has 3 aliphatic rings. The van der Waals surface area contributed by atoms with Crippen LogP contribution in [0.5, 0.6) is 0 Å². The van der Waals surface area contributed by atoms with Gasteiger partial charge in [-0.2, -0.15) is 0 Å². The number of ketones is 1. The van der Waals surface area contributed by atoms with Gasteiger partial charge < -0.3 is 14.9 Å². The molecule has 0 unspecified atom stereocenters. The Balaban J connectivity index is 2.15. The minimum atomic E-state index is -1.77. The lowest BCUT2D eigenvalue weighted by molar-refractivity contribution is -0.217. The smallest absolute Gasteiger partial charge is 0.336 e. The molecule has 0 spiro atoms. The lowest BCUT2D eigenvalue weighted by Gasteiger charge is -2.37. The molecule has 1 aliphatic heterocycles. The number of hydrogen-bond acceptors (Lipinski definition) is 5. The molecule has 0 aromatic rings. The predicted octanol–water partition coefficient (Wildman–Crippen LogP) is 0.566. The number of fused-ring (bicyclic) bond motifs is 2. The highest BCUT2D eigenvalue weighted by molar-refractivity contribution is 5.99. The van der Waals surface area contributed by atoms with Gasteiger partial charge in [-0.15, -0.1) is 0 Å². The van der Waals surface area contributed by atoms with Gasteiger partial charge in [-0.25, -0.2) is 4.79 Å². The second kappa shape index (κ2) is 3.80. The quantitative estimate of drug-likeness (QED) is 0.500. The minimum absolute atomic E-state index is 0.0359. The standard InChI is InChI=1S/C15H18O5/c1-7-6-15(19)11(8(2)13(18)20-15)12(17)14(3)9(7)4-5-10(14)16/h4-5,7,9,11-12,17,19H,2,6H2,1,3H3/t7-,9-,11-,12-,14-,15+/m0/s1. The number of carbonyl (C=O) groups excluding carboxylic acids is 2. The molecular weight excluding hydrogens is 260 g/mol. The van der Waals surface area contributed by atoms with E-state index in [0.717, 1.165) is 0 Å². The second-order valence-electron chi connectivity index (χ2n) is 6.40. The maximum atomic E-state index is 12.2. The molecule has 0 aromatic heterocycles. The summed E-state index contributed by atoms with van der Waals surface area (Å²) in [6.07, 6.45) is 2.24. The van der Waals surface area contributed by atoms with Crippen LogP contribution in [0.2, 0.25) is 0 Å². The summed E-state index contributed by atoms with van der Waals surface area (Å²) < 4.78 is 5.05. The van der Waals surface area contributed by atoms with Gasteiger partial charge in [0.15, 0.2) is 5.78 Å². The summed E-state index contributed by atoms with van der Waals surface area (Å²) >= 11 is 0. The molecule has 3 rings (SSSR count). The molecule has 1 saturated carbocycles. The second-order valence-corrected chi connectivity index (χ2v) is 6.40. The highest BCUT2D eigenvalue weighted by Crippen LogP contribution is 2.55. The lowest BCUT2D eigenvalue weighted by atomic mass is 9.67. The first-order chi connectivity index (χ1) is 9.21. The molecule has 2 N–H and O–H groups in total. The van der Waals surface area contributed by atoms with E-state index in [1.165, 1.54) is 6.08 Å². The van der Waals surface area contributed by atoms with Crippen molar-refractivity contribution in [3.63, 3.8) is 0 Å². The molecule has 0 aromatic carbocycles. The van der Waals surface area contributed by atoms with Crippen LogP contribution in [0.25, 0.3) is 0 Å². The number of ether oxygens (including phenoxy) is 1. The van der Waals surface area contributed by atoms with Gasteiger partial charge in [-0.1, -0.05) is 19.6 Å². The number of aliphatic hydroxyl groups is 2. The van der Waals surface area contributed by atoms with Crippen molar-refractivity contribution in [1.29, 1.82) is 0 Å². The van der Waals surface area contributed by atoms with Crippen LogP contribution in [-0.4, -0.2) is 33.9 Å². The van der Waals surface area contributed by atoms with E-state index < -0.39 is 29.2 Å². The Morgan fingerprint density at radius 3 is 2.75 bits per heavy atom. The van der Waals surface area contributed by atoms with Crippen molar-refractivity contribution in [2.45, 2.75) is 32.2 Å². The van der Waals surface area contributed by atoms with Crippen molar-refractivity contribution in [1.82, 2.24) is 0 Å². The van der Waals surface area contributed by atoms with E-state index in [9.17, 15) is 19.8 Å². The van der Waals surface area contributed by atoms with Crippen LogP contribution in [0.3, 0.4) is 0 Å². The maximum absolute atomic E-state index is 12.2. The van der Waals surface area contributed by atoms with E-state index in [4.69, 9.17) is 4.74 Å². The zero-order valence-electron chi connectivity index (χ0n) is 11.5. The van der Waals surface area contributed by atoms with Crippen LogP contribution in [0, 0.1) is 23.2 Å². The van der Waals surface area contributed by atoms with Gasteiger partial charge in [-0.3, -0.25) is 4.79 Å². The molecule has 0 radical (unpaired) electrons. The van der Waals surface area contributed by atoms with Crippen LogP contribution in [0.1, 0.15) is 20.3 Å². The Hall–Kier alpha value is -1.46. The summed E-state index contributed by atoms with van der Waals surface area (Å²) in [6, 6.07) is 0. The highest BCUT2D eigenvalue weighted by atomic mass is 16.7. The number of rotatable bonds is 0. The van der Waals surface area contributed by atoms with Gasteiger partial charge >= 0.3 is 5.97 Å². The Morgan fingerprint density at radius 2 is 2.10 bits per heavy atom. The fourth-order valence-corrected chi connectivity index (χ4v) is 4.09. The SMILES string of the molecule is C=C1C(=O)O[C@]2(O)C[C@H](C)[C@@H]3C=CC(=O)[C@@]3(C)[C@@H](O)[C@H]12. The summed E-state index contributed by atoms with van der Waals surface area (Å²) in [6.45, 7) is 7.19. The van der Waals surface area contributed by atoms with E-state index in [0.29, 0.717) is 0 Å². The summed E-state index contributed by atoms with van der Waals surface area (Å²) in [7, 11) is 0. The van der Waals surface area contributed by atoms with Gasteiger partial charge in [0.2, 0.25) is 5.79 Å². The number of aliphatic hydroxyl groups excluding tert-OH is 1. The number of esters is 1. The van der Waals surface area contributed by atoms with E-state index >= 15 is 0 Å². The lowest BCUT2D eigenvalue weighted by Crippen LogP contribution is -2.49. The Morgan fingerprint density at radius 1 is 1.45 bits per heavy atom. The molecule has 1 saturated heterocycles. The third-order valence-corrected chi connectivity index (χ3v) is 5.23. The zero-order chi connectivity index (χ0) is 14.9. The summed E-state index contributed by atoms with van der Waals surface area (Å²) in [5.74, 6) is -3.91. The molecule has 0 bridgehead atoms. The monoisotopic (exact) mass is 278 g/mol. The summed E-state index contributed by atoms with van der Waals surface area (Å²) in [4.78, 5) is 23.9. The predicted molar refractivity (Wildman–Crippen MR) is 69.2 cm³/mol. The third-order valence-electron chi connectivity index (χ3n) is 5.23. The molecule has 5 nitrogen and oxygen atoms in total. The molecular formula is C15H18O5. The highest BCUT2D eigenvalue weighted by Gasteiger charge is 2.65. The number of carbonyl (C=O) groups is 2. The van der Waals surface area contributed by atoms with Crippen LogP contribution in [0.15, 0.2) is 24.3 Å². The first-order valence-corrected chi connectivity index (χ1v) is 6.77. The van der Waals surface area contributed by atoms with Gasteiger partial charge in [-0.05, 0) is 24.8 Å². The third kappa shape index (κ3) is 1.39. The van der Waals surface area contributed by atoms with E-state index in [2.05, 4.69) is 6.58 Å². The van der Waals surface area contributed by atoms with Gasteiger partial charge in [0.1, 0.15) is 0 Å². The van der Waals surface area contributed by atoms with Crippen molar-refractivity contribution >= 4 is 11.8 Å². The van der Waals surface area contributed by atoms with Crippen molar-refractivity contribution in [3.8, 4) is 0 Å². The van der Waals surface area contributed by atoms with Gasteiger partial charge in [0.05, 0.1) is 17.4 Å². The van der Waals surface area contributed by atoms with Crippen molar-refractivity contribution in [3.05, 3.63) is 24.3 Å². The Labute approximate surface area is 116 Å². The van der Waals surface area contributed by atoms with E-state index in [-0.39, 0.29) is 29.6 Å². The molecule has 1 heterocycles. The zero-order valence-corrected chi connectivity index (χ0v) is 11.5. The average Bonchev–Trinajstić information content (AvgIpc) is 2.74. The molecule has 108 valence electrons. The van der Waals surface area contributed by atoms with Gasteiger partial charge in [0, 0.05) is 12.0 Å². The van der Waals surface area contributed by atoms with Crippen LogP contribution >= 0.6 is 0 Å². The van der Waals surface area contributed by atoms with Gasteiger partial charge in [0.25, 0.3) is 0 Å². The summed E-state index contributed by atoms with van der Waals surface area (Å²) in [5.41, 5.74) is -1.01. The average molecular weight is 278 g/mol. The Kier molecular flexibility index (Phi) is 2.57. The first kappa shape index (κ1) is 13.5. The first-order valence-electron chi connectivity index (χ1n) is 6.77. The normalized spacial score (nSPS) is 50.7. The topological polar surface area (TPSA) is 83.8 Å².